The summed E-state index contributed by atoms with van der Waals surface area (Å²) in [7, 11) is 0. The lowest BCUT2D eigenvalue weighted by Gasteiger charge is -2.01. The van der Waals surface area contributed by atoms with Crippen LogP contribution in [0.2, 0.25) is 0 Å². The number of carboxylic acids is 1. The summed E-state index contributed by atoms with van der Waals surface area (Å²) < 4.78 is 13.3. The Hall–Kier alpha value is -1.97. The Morgan fingerprint density at radius 3 is 2.87 bits per heavy atom. The largest absolute Gasteiger partial charge is 0.481 e. The minimum Gasteiger partial charge on any atom is -0.481 e. The second-order valence-corrected chi connectivity index (χ2v) is 3.18. The molecule has 3 nitrogen and oxygen atoms in total. The van der Waals surface area contributed by atoms with Crippen molar-refractivity contribution in [3.63, 3.8) is 0 Å². The third kappa shape index (κ3) is 1.93. The highest BCUT2D eigenvalue weighted by molar-refractivity contribution is 5.80. The monoisotopic (exact) mass is 205 g/mol. The molecule has 0 saturated heterocycles. The van der Waals surface area contributed by atoms with Crippen LogP contribution in [0.25, 0.3) is 10.9 Å². The van der Waals surface area contributed by atoms with Gasteiger partial charge in [0, 0.05) is 5.39 Å². The van der Waals surface area contributed by atoms with E-state index in [2.05, 4.69) is 4.98 Å². The molecule has 0 aliphatic heterocycles. The van der Waals surface area contributed by atoms with Crippen molar-refractivity contribution < 1.29 is 14.3 Å². The molecule has 0 radical (unpaired) electrons. The van der Waals surface area contributed by atoms with Gasteiger partial charge in [0.15, 0.2) is 0 Å². The number of rotatable bonds is 2. The van der Waals surface area contributed by atoms with Gasteiger partial charge >= 0.3 is 5.97 Å². The first-order valence-electron chi connectivity index (χ1n) is 4.43. The van der Waals surface area contributed by atoms with Crippen LogP contribution in [0.15, 0.2) is 30.3 Å². The number of fused-ring (bicyclic) bond motifs is 1. The Kier molecular flexibility index (Phi) is 2.33. The molecule has 1 heterocycles. The summed E-state index contributed by atoms with van der Waals surface area (Å²) in [5.41, 5.74) is 0.580. The number of para-hydroxylation sites is 1. The maximum absolute atomic E-state index is 13.3. The summed E-state index contributed by atoms with van der Waals surface area (Å²) in [5, 5.41) is 9.25. The number of aliphatic carboxylic acids is 1. The summed E-state index contributed by atoms with van der Waals surface area (Å²) in [5.74, 6) is -1.40. The maximum atomic E-state index is 13.3. The Morgan fingerprint density at radius 1 is 1.33 bits per heavy atom. The van der Waals surface area contributed by atoms with E-state index in [1.165, 1.54) is 6.07 Å². The molecule has 0 saturated carbocycles. The molecular formula is C11H8FNO2. The van der Waals surface area contributed by atoms with E-state index in [0.29, 0.717) is 11.1 Å². The number of halogens is 1. The van der Waals surface area contributed by atoms with Crippen LogP contribution in [0.4, 0.5) is 4.39 Å². The van der Waals surface area contributed by atoms with Gasteiger partial charge in [0.1, 0.15) is 11.3 Å². The molecule has 0 amide bonds. The molecule has 0 spiro atoms. The molecule has 76 valence electrons. The lowest BCUT2D eigenvalue weighted by molar-refractivity contribution is -0.136. The molecule has 0 atom stereocenters. The van der Waals surface area contributed by atoms with E-state index in [0.717, 1.165) is 0 Å². The van der Waals surface area contributed by atoms with Gasteiger partial charge in [-0.05, 0) is 12.1 Å². The van der Waals surface area contributed by atoms with Crippen LogP contribution < -0.4 is 0 Å². The Bertz CT molecular complexity index is 525. The summed E-state index contributed by atoms with van der Waals surface area (Å²) in [6.07, 6.45) is -0.190. The molecule has 1 aromatic carbocycles. The van der Waals surface area contributed by atoms with E-state index in [-0.39, 0.29) is 11.9 Å². The Balaban J connectivity index is 2.54. The highest BCUT2D eigenvalue weighted by Crippen LogP contribution is 2.15. The number of hydrogen-bond acceptors (Lipinski definition) is 2. The molecule has 0 bridgehead atoms. The van der Waals surface area contributed by atoms with Crippen LogP contribution in [0.1, 0.15) is 5.69 Å². The SMILES string of the molecule is O=C(O)Cc1ccc2cccc(F)c2n1. The van der Waals surface area contributed by atoms with Crippen LogP contribution >= 0.6 is 0 Å². The van der Waals surface area contributed by atoms with Gasteiger partial charge in [-0.25, -0.2) is 9.37 Å². The topological polar surface area (TPSA) is 50.2 Å². The fraction of sp³-hybridized carbons (Fsp3) is 0.0909. The predicted molar refractivity (Wildman–Crippen MR) is 53.0 cm³/mol. The third-order valence-corrected chi connectivity index (χ3v) is 2.06. The molecule has 0 fully saturated rings. The zero-order valence-electron chi connectivity index (χ0n) is 7.77. The predicted octanol–water partition coefficient (Wildman–Crippen LogP) is 2.00. The number of hydrogen-bond donors (Lipinski definition) is 1. The van der Waals surface area contributed by atoms with Crippen LogP contribution in [0.3, 0.4) is 0 Å². The van der Waals surface area contributed by atoms with Crippen LogP contribution in [0.5, 0.6) is 0 Å². The molecule has 15 heavy (non-hydrogen) atoms. The normalized spacial score (nSPS) is 10.5. The van der Waals surface area contributed by atoms with Gasteiger partial charge in [-0.1, -0.05) is 18.2 Å². The molecule has 2 rings (SSSR count). The van der Waals surface area contributed by atoms with Crippen molar-refractivity contribution in [3.8, 4) is 0 Å². The number of carboxylic acid groups (broad SMARTS) is 1. The minimum absolute atomic E-state index is 0.190. The van der Waals surface area contributed by atoms with Gasteiger partial charge < -0.3 is 5.11 Å². The van der Waals surface area contributed by atoms with E-state index < -0.39 is 11.8 Å². The number of pyridine rings is 1. The first-order valence-corrected chi connectivity index (χ1v) is 4.43. The van der Waals surface area contributed by atoms with E-state index in [1.54, 1.807) is 24.3 Å². The smallest absolute Gasteiger partial charge is 0.309 e. The first kappa shape index (κ1) is 9.58. The number of nitrogens with zero attached hydrogens (tertiary/aromatic N) is 1. The average Bonchev–Trinajstić information content (AvgIpc) is 2.18. The number of carbonyl (C=O) groups is 1. The maximum Gasteiger partial charge on any atom is 0.309 e. The van der Waals surface area contributed by atoms with E-state index in [4.69, 9.17) is 5.11 Å². The van der Waals surface area contributed by atoms with Crippen molar-refractivity contribution in [1.29, 1.82) is 0 Å². The van der Waals surface area contributed by atoms with Crippen molar-refractivity contribution in [3.05, 3.63) is 41.8 Å². The molecule has 2 aromatic rings. The third-order valence-electron chi connectivity index (χ3n) is 2.06. The van der Waals surface area contributed by atoms with Gasteiger partial charge in [-0.3, -0.25) is 4.79 Å². The second kappa shape index (κ2) is 3.65. The van der Waals surface area contributed by atoms with E-state index >= 15 is 0 Å². The summed E-state index contributed by atoms with van der Waals surface area (Å²) in [6, 6.07) is 7.89. The quantitative estimate of drug-likeness (QED) is 0.815. The molecule has 1 N–H and O–H groups in total. The number of aromatic nitrogens is 1. The first-order chi connectivity index (χ1) is 7.16. The number of benzene rings is 1. The molecule has 1 aromatic heterocycles. The second-order valence-electron chi connectivity index (χ2n) is 3.18. The van der Waals surface area contributed by atoms with Crippen molar-refractivity contribution in [2.45, 2.75) is 6.42 Å². The van der Waals surface area contributed by atoms with Crippen molar-refractivity contribution in [1.82, 2.24) is 4.98 Å². The standard InChI is InChI=1S/C11H8FNO2/c12-9-3-1-2-7-4-5-8(6-10(14)15)13-11(7)9/h1-5H,6H2,(H,14,15). The van der Waals surface area contributed by atoms with Gasteiger partial charge in [0.2, 0.25) is 0 Å². The molecule has 0 unspecified atom stereocenters. The lowest BCUT2D eigenvalue weighted by atomic mass is 10.2. The molecular weight excluding hydrogens is 197 g/mol. The van der Waals surface area contributed by atoms with Crippen LogP contribution in [0, 0.1) is 5.82 Å². The van der Waals surface area contributed by atoms with Crippen molar-refractivity contribution in [2.24, 2.45) is 0 Å². The summed E-state index contributed by atoms with van der Waals surface area (Å²) in [6.45, 7) is 0. The summed E-state index contributed by atoms with van der Waals surface area (Å²) >= 11 is 0. The fourth-order valence-electron chi connectivity index (χ4n) is 1.40. The molecule has 0 aliphatic rings. The van der Waals surface area contributed by atoms with E-state index in [9.17, 15) is 9.18 Å². The Labute approximate surface area is 85.2 Å². The van der Waals surface area contributed by atoms with Gasteiger partial charge in [0.05, 0.1) is 12.1 Å². The highest BCUT2D eigenvalue weighted by Gasteiger charge is 2.05. The van der Waals surface area contributed by atoms with Crippen LogP contribution in [-0.2, 0) is 11.2 Å². The zero-order valence-corrected chi connectivity index (χ0v) is 7.77. The lowest BCUT2D eigenvalue weighted by Crippen LogP contribution is -2.02. The van der Waals surface area contributed by atoms with Crippen molar-refractivity contribution >= 4 is 16.9 Å². The fourth-order valence-corrected chi connectivity index (χ4v) is 1.40. The molecule has 4 heteroatoms. The highest BCUT2D eigenvalue weighted by atomic mass is 19.1. The zero-order chi connectivity index (χ0) is 10.8. The van der Waals surface area contributed by atoms with Gasteiger partial charge in [-0.2, -0.15) is 0 Å². The minimum atomic E-state index is -0.974. The van der Waals surface area contributed by atoms with Gasteiger partial charge in [-0.15, -0.1) is 0 Å². The Morgan fingerprint density at radius 2 is 2.13 bits per heavy atom. The van der Waals surface area contributed by atoms with Gasteiger partial charge in [0.25, 0.3) is 0 Å². The molecule has 0 aliphatic carbocycles. The van der Waals surface area contributed by atoms with Crippen molar-refractivity contribution in [2.75, 3.05) is 0 Å². The van der Waals surface area contributed by atoms with Crippen LogP contribution in [-0.4, -0.2) is 16.1 Å². The average molecular weight is 205 g/mol. The van der Waals surface area contributed by atoms with E-state index in [1.807, 2.05) is 0 Å². The summed E-state index contributed by atoms with van der Waals surface area (Å²) in [4.78, 5) is 14.4.